The molecule has 3 heteroatoms. The second kappa shape index (κ2) is 4.75. The number of carbonyl (C=O) groups is 1. The molecule has 0 fully saturated rings. The molecule has 1 aromatic rings. The molecule has 0 radical (unpaired) electrons. The molecule has 0 saturated heterocycles. The zero-order valence-electron chi connectivity index (χ0n) is 8.73. The largest absolute Gasteiger partial charge is 0.478 e. The smallest absolute Gasteiger partial charge is 0.335 e. The van der Waals surface area contributed by atoms with E-state index >= 15 is 0 Å². The lowest BCUT2D eigenvalue weighted by atomic mass is 10.0. The second-order valence-corrected chi connectivity index (χ2v) is 3.69. The number of carboxylic acids is 1. The van der Waals surface area contributed by atoms with Crippen LogP contribution in [-0.2, 0) is 0 Å². The fraction of sp³-hybridized carbons (Fsp3) is 0.250. The Bertz CT molecular complexity index is 368. The van der Waals surface area contributed by atoms with Gasteiger partial charge in [-0.1, -0.05) is 17.7 Å². The summed E-state index contributed by atoms with van der Waals surface area (Å²) in [4.78, 5) is 10.6. The van der Waals surface area contributed by atoms with Crippen LogP contribution < -0.4 is 5.73 Å². The van der Waals surface area contributed by atoms with Crippen molar-refractivity contribution in [2.45, 2.75) is 19.4 Å². The number of hydrogen-bond acceptors (Lipinski definition) is 2. The lowest BCUT2D eigenvalue weighted by molar-refractivity contribution is 0.0697. The van der Waals surface area contributed by atoms with Gasteiger partial charge in [0.1, 0.15) is 0 Å². The van der Waals surface area contributed by atoms with Crippen LogP contribution in [-0.4, -0.2) is 11.1 Å². The molecule has 0 aliphatic heterocycles. The van der Waals surface area contributed by atoms with Crippen molar-refractivity contribution < 1.29 is 9.90 Å². The summed E-state index contributed by atoms with van der Waals surface area (Å²) in [5.41, 5.74) is 8.14. The van der Waals surface area contributed by atoms with Crippen LogP contribution in [0.5, 0.6) is 0 Å². The second-order valence-electron chi connectivity index (χ2n) is 3.69. The molecule has 0 saturated carbocycles. The number of nitrogens with two attached hydrogens (primary N) is 1. The SMILES string of the molecule is C=C(C)C[C@H](N)c1ccc(C(=O)O)cc1. The molecule has 0 bridgehead atoms. The van der Waals surface area contributed by atoms with E-state index in [1.54, 1.807) is 24.3 Å². The third-order valence-corrected chi connectivity index (χ3v) is 2.15. The Labute approximate surface area is 89.2 Å². The maximum Gasteiger partial charge on any atom is 0.335 e. The van der Waals surface area contributed by atoms with Crippen molar-refractivity contribution in [1.29, 1.82) is 0 Å². The average Bonchev–Trinajstić information content (AvgIpc) is 2.17. The minimum Gasteiger partial charge on any atom is -0.478 e. The first kappa shape index (κ1) is 11.5. The summed E-state index contributed by atoms with van der Waals surface area (Å²) >= 11 is 0. The molecule has 0 aromatic heterocycles. The molecule has 0 amide bonds. The van der Waals surface area contributed by atoms with Crippen molar-refractivity contribution in [3.05, 3.63) is 47.5 Å². The Balaban J connectivity index is 2.79. The summed E-state index contributed by atoms with van der Waals surface area (Å²) in [7, 11) is 0. The lowest BCUT2D eigenvalue weighted by Crippen LogP contribution is -2.10. The van der Waals surface area contributed by atoms with Crippen molar-refractivity contribution in [1.82, 2.24) is 0 Å². The van der Waals surface area contributed by atoms with E-state index < -0.39 is 5.97 Å². The van der Waals surface area contributed by atoms with Crippen molar-refractivity contribution in [3.63, 3.8) is 0 Å². The fourth-order valence-electron chi connectivity index (χ4n) is 1.37. The third-order valence-electron chi connectivity index (χ3n) is 2.15. The Morgan fingerprint density at radius 1 is 1.47 bits per heavy atom. The van der Waals surface area contributed by atoms with Gasteiger partial charge in [-0.15, -0.1) is 6.58 Å². The summed E-state index contributed by atoms with van der Waals surface area (Å²) in [6.07, 6.45) is 0.715. The summed E-state index contributed by atoms with van der Waals surface area (Å²) in [6.45, 7) is 5.71. The van der Waals surface area contributed by atoms with E-state index in [4.69, 9.17) is 10.8 Å². The van der Waals surface area contributed by atoms with Crippen molar-refractivity contribution in [2.75, 3.05) is 0 Å². The summed E-state index contributed by atoms with van der Waals surface area (Å²) < 4.78 is 0. The molecule has 0 aliphatic rings. The van der Waals surface area contributed by atoms with Crippen molar-refractivity contribution in [3.8, 4) is 0 Å². The Hall–Kier alpha value is -1.61. The number of aromatic carboxylic acids is 1. The van der Waals surface area contributed by atoms with Crippen molar-refractivity contribution in [2.24, 2.45) is 5.73 Å². The first-order chi connectivity index (χ1) is 7.00. The van der Waals surface area contributed by atoms with Gasteiger partial charge in [0.25, 0.3) is 0 Å². The molecular formula is C12H15NO2. The van der Waals surface area contributed by atoms with Gasteiger partial charge in [-0.3, -0.25) is 0 Å². The van der Waals surface area contributed by atoms with Crippen LogP contribution in [0.4, 0.5) is 0 Å². The topological polar surface area (TPSA) is 63.3 Å². The Kier molecular flexibility index (Phi) is 3.63. The normalized spacial score (nSPS) is 12.1. The molecule has 3 nitrogen and oxygen atoms in total. The van der Waals surface area contributed by atoms with Crippen LogP contribution in [0.25, 0.3) is 0 Å². The van der Waals surface area contributed by atoms with Crippen molar-refractivity contribution >= 4 is 5.97 Å². The maximum absolute atomic E-state index is 10.6. The fourth-order valence-corrected chi connectivity index (χ4v) is 1.37. The van der Waals surface area contributed by atoms with Gasteiger partial charge in [0.2, 0.25) is 0 Å². The van der Waals surface area contributed by atoms with E-state index in [0.717, 1.165) is 11.1 Å². The minimum absolute atomic E-state index is 0.106. The third kappa shape index (κ3) is 3.22. The summed E-state index contributed by atoms with van der Waals surface area (Å²) in [5.74, 6) is -0.921. The van der Waals surface area contributed by atoms with Gasteiger partial charge in [0.15, 0.2) is 0 Å². The van der Waals surface area contributed by atoms with Gasteiger partial charge < -0.3 is 10.8 Å². The van der Waals surface area contributed by atoms with Crippen LogP contribution in [0, 0.1) is 0 Å². The van der Waals surface area contributed by atoms with E-state index in [1.165, 1.54) is 0 Å². The van der Waals surface area contributed by atoms with Gasteiger partial charge in [-0.2, -0.15) is 0 Å². The van der Waals surface area contributed by atoms with E-state index in [1.807, 2.05) is 6.92 Å². The highest BCUT2D eigenvalue weighted by molar-refractivity contribution is 5.87. The van der Waals surface area contributed by atoms with Gasteiger partial charge in [-0.05, 0) is 31.0 Å². The first-order valence-corrected chi connectivity index (χ1v) is 4.74. The molecule has 80 valence electrons. The Morgan fingerprint density at radius 3 is 2.40 bits per heavy atom. The zero-order chi connectivity index (χ0) is 11.4. The highest BCUT2D eigenvalue weighted by atomic mass is 16.4. The molecule has 0 spiro atoms. The van der Waals surface area contributed by atoms with Gasteiger partial charge >= 0.3 is 5.97 Å². The van der Waals surface area contributed by atoms with E-state index in [2.05, 4.69) is 6.58 Å². The first-order valence-electron chi connectivity index (χ1n) is 4.74. The quantitative estimate of drug-likeness (QED) is 0.741. The predicted molar refractivity (Wildman–Crippen MR) is 59.8 cm³/mol. The Morgan fingerprint density at radius 2 is 2.00 bits per heavy atom. The molecule has 1 aromatic carbocycles. The van der Waals surface area contributed by atoms with Gasteiger partial charge in [0.05, 0.1) is 5.56 Å². The molecule has 1 atom stereocenters. The number of rotatable bonds is 4. The highest BCUT2D eigenvalue weighted by Crippen LogP contribution is 2.18. The lowest BCUT2D eigenvalue weighted by Gasteiger charge is -2.11. The molecule has 15 heavy (non-hydrogen) atoms. The average molecular weight is 205 g/mol. The predicted octanol–water partition coefficient (Wildman–Crippen LogP) is 2.35. The summed E-state index contributed by atoms with van der Waals surface area (Å²) in [5, 5.41) is 8.71. The highest BCUT2D eigenvalue weighted by Gasteiger charge is 2.07. The molecular weight excluding hydrogens is 190 g/mol. The van der Waals surface area contributed by atoms with Gasteiger partial charge in [-0.25, -0.2) is 4.79 Å². The maximum atomic E-state index is 10.6. The van der Waals surface area contributed by atoms with E-state index in [9.17, 15) is 4.79 Å². The van der Waals surface area contributed by atoms with Crippen LogP contribution in [0.15, 0.2) is 36.4 Å². The molecule has 0 aliphatic carbocycles. The number of carboxylic acid groups (broad SMARTS) is 1. The number of benzene rings is 1. The molecule has 3 N–H and O–H groups in total. The molecule has 1 rings (SSSR count). The standard InChI is InChI=1S/C12H15NO2/c1-8(2)7-11(13)9-3-5-10(6-4-9)12(14)15/h3-6,11H,1,7,13H2,2H3,(H,14,15)/t11-/m0/s1. The van der Waals surface area contributed by atoms with Gasteiger partial charge in [0, 0.05) is 6.04 Å². The number of hydrogen-bond donors (Lipinski definition) is 2. The van der Waals surface area contributed by atoms with Crippen LogP contribution in [0.2, 0.25) is 0 Å². The van der Waals surface area contributed by atoms with E-state index in [-0.39, 0.29) is 11.6 Å². The van der Waals surface area contributed by atoms with Crippen LogP contribution >= 0.6 is 0 Å². The van der Waals surface area contributed by atoms with E-state index in [0.29, 0.717) is 6.42 Å². The molecule has 0 unspecified atom stereocenters. The zero-order valence-corrected chi connectivity index (χ0v) is 8.73. The van der Waals surface area contributed by atoms with Crippen LogP contribution in [0.1, 0.15) is 35.3 Å². The monoisotopic (exact) mass is 205 g/mol. The molecule has 0 heterocycles. The summed E-state index contributed by atoms with van der Waals surface area (Å²) in [6, 6.07) is 6.52. The van der Waals surface area contributed by atoms with Crippen LogP contribution in [0.3, 0.4) is 0 Å². The minimum atomic E-state index is -0.921.